The fourth-order valence-electron chi connectivity index (χ4n) is 0. The Kier molecular flexibility index (Phi) is 52.0. The maximum absolute atomic E-state index is 4.26. The van der Waals surface area contributed by atoms with Gasteiger partial charge in [-0.3, -0.25) is 0 Å². The predicted octanol–water partition coefficient (Wildman–Crippen LogP) is 0.774. The van der Waals surface area contributed by atoms with Crippen molar-refractivity contribution < 1.29 is 6.70 Å². The summed E-state index contributed by atoms with van der Waals surface area (Å²) >= 11 is 8.53. The van der Waals surface area contributed by atoms with Crippen molar-refractivity contribution in [2.24, 2.45) is 0 Å². The maximum Gasteiger partial charge on any atom is 2.00 e. The van der Waals surface area contributed by atoms with Gasteiger partial charge >= 0.3 is 45.5 Å². The molecule has 27 valence electrons. The first-order valence-corrected chi connectivity index (χ1v) is 0.926. The molecule has 0 aliphatic carbocycles. The molecule has 0 atom stereocenters. The van der Waals surface area contributed by atoms with Crippen LogP contribution in [0.15, 0.2) is 0 Å². The molecule has 0 amide bonds. The Morgan fingerprint density at radius 1 is 1.40 bits per heavy atom. The zero-order valence-electron chi connectivity index (χ0n) is 4.45. The van der Waals surface area contributed by atoms with Crippen molar-refractivity contribution in [2.75, 3.05) is 0 Å². The normalized spacial score (nSPS) is 3.60. The molecule has 0 aliphatic heterocycles. The van der Waals surface area contributed by atoms with E-state index >= 15 is 0 Å². The first-order valence-electron chi connectivity index (χ1n) is 0.309. The average Bonchev–Trinajstić information content (AvgIpc) is 0.918. The molecule has 0 unspecified atom stereocenters. The summed E-state index contributed by atoms with van der Waals surface area (Å²) in [6.07, 6.45) is 0. The Morgan fingerprint density at radius 3 is 1.40 bits per heavy atom. The smallest absolute Gasteiger partial charge is 1.00 e. The van der Waals surface area contributed by atoms with Crippen LogP contribution in [0.3, 0.4) is 0 Å². The van der Waals surface area contributed by atoms with E-state index in [0.717, 1.165) is 0 Å². The van der Waals surface area contributed by atoms with Crippen LogP contribution >= 0.6 is 23.7 Å². The minimum atomic E-state index is 0. The van der Waals surface area contributed by atoms with E-state index in [0.29, 0.717) is 0 Å². The largest absolute Gasteiger partial charge is 2.00 e. The molecule has 1 nitrogen and oxygen atoms in total. The molecule has 0 fully saturated rings. The van der Waals surface area contributed by atoms with E-state index < -0.39 is 0 Å². The van der Waals surface area contributed by atoms with E-state index in [9.17, 15) is 0 Å². The molecule has 5 heavy (non-hydrogen) atoms. The van der Waals surface area contributed by atoms with Gasteiger partial charge in [0.15, 0.2) is 0 Å². The Hall–Kier alpha value is 2.09. The predicted molar refractivity (Wildman–Crippen MR) is 26.5 cm³/mol. The van der Waals surface area contributed by atoms with E-state index in [1.54, 1.807) is 0 Å². The Balaban J connectivity index is -0.00000000333. The van der Waals surface area contributed by atoms with Gasteiger partial charge in [0.2, 0.25) is 0 Å². The topological polar surface area (TPSA) is 9.23 Å². The first kappa shape index (κ1) is 15.7. The third-order valence-corrected chi connectivity index (χ3v) is 0. The summed E-state index contributed by atoms with van der Waals surface area (Å²) in [6, 6.07) is 0. The molecule has 0 saturated carbocycles. The van der Waals surface area contributed by atoms with Crippen LogP contribution in [0.2, 0.25) is 0 Å². The molecule has 0 aliphatic rings. The second-order valence-corrected chi connectivity index (χ2v) is 0.525. The summed E-state index contributed by atoms with van der Waals surface area (Å²) in [4.78, 5) is 0. The summed E-state index contributed by atoms with van der Waals surface area (Å²) in [7, 11) is 0. The van der Waals surface area contributed by atoms with Crippen LogP contribution in [-0.2, 0) is 3.84 Å². The average molecular weight is 187 g/mol. The monoisotopic (exact) mass is 187 g/mol. The van der Waals surface area contributed by atoms with Crippen LogP contribution in [0.1, 0.15) is 2.85 Å². The molecule has 0 aromatic heterocycles. The van der Waals surface area contributed by atoms with Crippen LogP contribution in [-0.4, -0.2) is 53.9 Å². The van der Waals surface area contributed by atoms with Gasteiger partial charge < -0.3 is 2.85 Å². The summed E-state index contributed by atoms with van der Waals surface area (Å²) in [5.41, 5.74) is 0. The van der Waals surface area contributed by atoms with Crippen molar-refractivity contribution in [3.8, 4) is 0 Å². The molecule has 0 bridgehead atoms. The number of hydrogen-bond acceptors (Lipinski definition) is 1. The molecule has 0 saturated heterocycles. The standard InChI is InChI=1S/B.Cl2O.Sr.2H/c;1-3-2;;;/q;;+2;2*-1. The van der Waals surface area contributed by atoms with Gasteiger partial charge in [0.1, 0.15) is 0 Å². The number of rotatable bonds is 0. The Bertz CT molecular complexity index is 15.7. The number of hydrogen-bond donors (Lipinski definition) is 0. The molecular formula is H2BCl2OSr. The minimum Gasteiger partial charge on any atom is -1.00 e. The summed E-state index contributed by atoms with van der Waals surface area (Å²) in [6.45, 7) is 0. The molecular weight excluding hydrogens is 185 g/mol. The zero-order valence-corrected chi connectivity index (χ0v) is 7.44. The molecule has 0 spiro atoms. The van der Waals surface area contributed by atoms with Crippen molar-refractivity contribution in [1.82, 2.24) is 0 Å². The Labute approximate surface area is 83.1 Å². The van der Waals surface area contributed by atoms with Gasteiger partial charge in [0, 0.05) is 8.41 Å². The first-order chi connectivity index (χ1) is 1.41. The fraction of sp³-hybridized carbons (Fsp3) is 0. The van der Waals surface area contributed by atoms with E-state index in [2.05, 4.69) is 27.6 Å². The maximum atomic E-state index is 4.26. The summed E-state index contributed by atoms with van der Waals surface area (Å²) < 4.78 is 3.19. The van der Waals surface area contributed by atoms with Crippen molar-refractivity contribution in [3.05, 3.63) is 0 Å². The van der Waals surface area contributed by atoms with Crippen LogP contribution < -0.4 is 0 Å². The quantitative estimate of drug-likeness (QED) is 0.509. The van der Waals surface area contributed by atoms with Crippen molar-refractivity contribution in [2.45, 2.75) is 0 Å². The molecule has 5 heteroatoms. The van der Waals surface area contributed by atoms with Gasteiger partial charge in [-0.1, -0.05) is 0 Å². The van der Waals surface area contributed by atoms with Crippen molar-refractivity contribution in [3.63, 3.8) is 0 Å². The van der Waals surface area contributed by atoms with Gasteiger partial charge in [-0.25, -0.2) is 0 Å². The molecule has 0 aromatic carbocycles. The van der Waals surface area contributed by atoms with E-state index in [-0.39, 0.29) is 56.7 Å². The number of halogens is 2. The fourth-order valence-corrected chi connectivity index (χ4v) is 0. The molecule has 0 aromatic rings. The SMILES string of the molecule is ClOCl.[B].[H-].[H-].[Sr+2]. The van der Waals surface area contributed by atoms with Crippen LogP contribution in [0.4, 0.5) is 0 Å². The second kappa shape index (κ2) is 16.5. The third kappa shape index (κ3) is 23.4. The molecule has 3 radical (unpaired) electrons. The van der Waals surface area contributed by atoms with Crippen molar-refractivity contribution in [1.29, 1.82) is 0 Å². The van der Waals surface area contributed by atoms with Gasteiger partial charge in [-0.15, -0.1) is 0 Å². The van der Waals surface area contributed by atoms with Crippen LogP contribution in [0, 0.1) is 0 Å². The molecule has 0 heterocycles. The van der Waals surface area contributed by atoms with Gasteiger partial charge in [0.05, 0.1) is 23.7 Å². The molecule has 0 rings (SSSR count). The van der Waals surface area contributed by atoms with E-state index in [4.69, 9.17) is 0 Å². The zero-order chi connectivity index (χ0) is 2.71. The Morgan fingerprint density at radius 2 is 1.40 bits per heavy atom. The van der Waals surface area contributed by atoms with Crippen LogP contribution in [0.5, 0.6) is 0 Å². The van der Waals surface area contributed by atoms with E-state index in [1.165, 1.54) is 0 Å². The molecule has 0 N–H and O–H groups in total. The van der Waals surface area contributed by atoms with Gasteiger partial charge in [-0.2, -0.15) is 3.84 Å². The minimum absolute atomic E-state index is 0. The van der Waals surface area contributed by atoms with Gasteiger partial charge in [0.25, 0.3) is 0 Å². The third-order valence-electron chi connectivity index (χ3n) is 0. The summed E-state index contributed by atoms with van der Waals surface area (Å²) in [5.74, 6) is 0. The van der Waals surface area contributed by atoms with Gasteiger partial charge in [-0.05, 0) is 0 Å². The van der Waals surface area contributed by atoms with E-state index in [1.807, 2.05) is 0 Å². The second-order valence-electron chi connectivity index (χ2n) is 0.0583. The summed E-state index contributed by atoms with van der Waals surface area (Å²) in [5, 5.41) is 0. The van der Waals surface area contributed by atoms with Crippen molar-refractivity contribution >= 4 is 77.6 Å². The van der Waals surface area contributed by atoms with Crippen LogP contribution in [0.25, 0.3) is 0 Å².